The summed E-state index contributed by atoms with van der Waals surface area (Å²) in [7, 11) is 0. The van der Waals surface area contributed by atoms with Gasteiger partial charge in [-0.1, -0.05) is 0 Å². The normalized spacial score (nSPS) is 16.0. The molecule has 1 aromatic heterocycles. The molecule has 1 fully saturated rings. The van der Waals surface area contributed by atoms with Crippen LogP contribution < -0.4 is 10.6 Å². The van der Waals surface area contributed by atoms with E-state index in [1.807, 2.05) is 12.4 Å². The number of anilines is 1. The fourth-order valence-corrected chi connectivity index (χ4v) is 1.58. The molecule has 0 spiro atoms. The highest BCUT2D eigenvalue weighted by atomic mass is 35.5. The summed E-state index contributed by atoms with van der Waals surface area (Å²) < 4.78 is 0. The van der Waals surface area contributed by atoms with Gasteiger partial charge in [0.1, 0.15) is 6.33 Å². The summed E-state index contributed by atoms with van der Waals surface area (Å²) in [5.41, 5.74) is 1.02. The Bertz CT molecular complexity index is 252. The molecule has 0 amide bonds. The molecule has 0 saturated carbocycles. The van der Waals surface area contributed by atoms with Crippen LogP contribution in [0.3, 0.4) is 0 Å². The molecule has 1 aromatic rings. The molecule has 0 bridgehead atoms. The van der Waals surface area contributed by atoms with Crippen molar-refractivity contribution < 1.29 is 0 Å². The lowest BCUT2D eigenvalue weighted by Gasteiger charge is -2.24. The van der Waals surface area contributed by atoms with Gasteiger partial charge in [-0.25, -0.2) is 9.97 Å². The molecule has 15 heavy (non-hydrogen) atoms. The van der Waals surface area contributed by atoms with E-state index in [0.717, 1.165) is 18.8 Å². The maximum atomic E-state index is 3.96. The van der Waals surface area contributed by atoms with E-state index in [0.29, 0.717) is 6.04 Å². The first-order chi connectivity index (χ1) is 6.45. The van der Waals surface area contributed by atoms with Gasteiger partial charge in [0.05, 0.1) is 18.1 Å². The predicted octanol–water partition coefficient (Wildman–Crippen LogP) is 1.48. The van der Waals surface area contributed by atoms with Crippen LogP contribution in [0.25, 0.3) is 0 Å². The van der Waals surface area contributed by atoms with Gasteiger partial charge in [-0.15, -0.1) is 24.8 Å². The zero-order valence-corrected chi connectivity index (χ0v) is 9.98. The summed E-state index contributed by atoms with van der Waals surface area (Å²) in [6.45, 7) is 2.21. The first kappa shape index (κ1) is 14.4. The number of hydrogen-bond acceptors (Lipinski definition) is 4. The predicted molar refractivity (Wildman–Crippen MR) is 66.0 cm³/mol. The van der Waals surface area contributed by atoms with Crippen LogP contribution in [0.4, 0.5) is 5.69 Å². The molecule has 2 heterocycles. The highest BCUT2D eigenvalue weighted by Gasteiger charge is 2.11. The second kappa shape index (κ2) is 7.68. The average molecular weight is 251 g/mol. The third-order valence-corrected chi connectivity index (χ3v) is 2.27. The Hall–Kier alpha value is -0.580. The van der Waals surface area contributed by atoms with E-state index >= 15 is 0 Å². The quantitative estimate of drug-likeness (QED) is 0.836. The number of nitrogens with zero attached hydrogens (tertiary/aromatic N) is 2. The van der Waals surface area contributed by atoms with E-state index in [2.05, 4.69) is 20.6 Å². The summed E-state index contributed by atoms with van der Waals surface area (Å²) in [5, 5.41) is 6.75. The Kier molecular flexibility index (Phi) is 7.38. The van der Waals surface area contributed by atoms with Crippen LogP contribution in [-0.4, -0.2) is 29.1 Å². The summed E-state index contributed by atoms with van der Waals surface area (Å²) in [5.74, 6) is 0. The molecule has 0 radical (unpaired) electrons. The summed E-state index contributed by atoms with van der Waals surface area (Å²) in [4.78, 5) is 7.92. The van der Waals surface area contributed by atoms with E-state index < -0.39 is 0 Å². The van der Waals surface area contributed by atoms with E-state index in [1.165, 1.54) is 12.8 Å². The lowest BCUT2D eigenvalue weighted by molar-refractivity contribution is 0.479. The molecule has 0 aliphatic carbocycles. The molecule has 1 aliphatic heterocycles. The summed E-state index contributed by atoms with van der Waals surface area (Å²) in [6, 6.07) is 0.576. The van der Waals surface area contributed by atoms with Crippen molar-refractivity contribution in [2.75, 3.05) is 18.4 Å². The van der Waals surface area contributed by atoms with Crippen molar-refractivity contribution in [1.29, 1.82) is 0 Å². The molecule has 6 heteroatoms. The first-order valence-corrected chi connectivity index (χ1v) is 4.67. The molecule has 1 saturated heterocycles. The van der Waals surface area contributed by atoms with Crippen LogP contribution in [0.5, 0.6) is 0 Å². The Labute approximate surface area is 102 Å². The SMILES string of the molecule is Cl.Cl.c1ncc(NC2CCNCC2)cn1. The first-order valence-electron chi connectivity index (χ1n) is 4.67. The van der Waals surface area contributed by atoms with Gasteiger partial charge in [0.2, 0.25) is 0 Å². The molecule has 1 aliphatic rings. The molecule has 0 aromatic carbocycles. The molecule has 0 atom stereocenters. The number of aromatic nitrogens is 2. The standard InChI is InChI=1S/C9H14N4.2ClH/c1-3-10-4-2-8(1)13-9-5-11-7-12-6-9;;/h5-8,10,13H,1-4H2;2*1H. The van der Waals surface area contributed by atoms with Gasteiger partial charge in [-0.3, -0.25) is 0 Å². The molecule has 2 N–H and O–H groups in total. The lowest BCUT2D eigenvalue weighted by Crippen LogP contribution is -2.35. The zero-order valence-electron chi connectivity index (χ0n) is 8.35. The highest BCUT2D eigenvalue weighted by molar-refractivity contribution is 5.85. The molecule has 2 rings (SSSR count). The molecule has 0 unspecified atom stereocenters. The summed E-state index contributed by atoms with van der Waals surface area (Å²) in [6.07, 6.45) is 7.53. The van der Waals surface area contributed by atoms with Crippen LogP contribution in [0.2, 0.25) is 0 Å². The van der Waals surface area contributed by atoms with Crippen LogP contribution >= 0.6 is 24.8 Å². The topological polar surface area (TPSA) is 49.8 Å². The molecule has 4 nitrogen and oxygen atoms in total. The third-order valence-electron chi connectivity index (χ3n) is 2.27. The second-order valence-corrected chi connectivity index (χ2v) is 3.30. The van der Waals surface area contributed by atoms with Gasteiger partial charge in [0, 0.05) is 6.04 Å². The zero-order chi connectivity index (χ0) is 8.93. The van der Waals surface area contributed by atoms with Gasteiger partial charge in [-0.05, 0) is 25.9 Å². The fourth-order valence-electron chi connectivity index (χ4n) is 1.58. The largest absolute Gasteiger partial charge is 0.380 e. The number of halogens is 2. The number of hydrogen-bond donors (Lipinski definition) is 2. The van der Waals surface area contributed by atoms with Crippen molar-refractivity contribution in [3.05, 3.63) is 18.7 Å². The molecular formula is C9H16Cl2N4. The smallest absolute Gasteiger partial charge is 0.115 e. The molecule has 86 valence electrons. The lowest BCUT2D eigenvalue weighted by atomic mass is 10.1. The van der Waals surface area contributed by atoms with E-state index in [9.17, 15) is 0 Å². The van der Waals surface area contributed by atoms with E-state index in [1.54, 1.807) is 6.33 Å². The van der Waals surface area contributed by atoms with Gasteiger partial charge in [-0.2, -0.15) is 0 Å². The Morgan fingerprint density at radius 1 is 1.13 bits per heavy atom. The summed E-state index contributed by atoms with van der Waals surface area (Å²) >= 11 is 0. The minimum Gasteiger partial charge on any atom is -0.380 e. The van der Waals surface area contributed by atoms with Crippen molar-refractivity contribution in [3.8, 4) is 0 Å². The Morgan fingerprint density at radius 3 is 2.33 bits per heavy atom. The fraction of sp³-hybridized carbons (Fsp3) is 0.556. The minimum atomic E-state index is 0. The van der Waals surface area contributed by atoms with E-state index in [-0.39, 0.29) is 24.8 Å². The number of nitrogens with one attached hydrogen (secondary N) is 2. The van der Waals surface area contributed by atoms with Crippen LogP contribution in [-0.2, 0) is 0 Å². The van der Waals surface area contributed by atoms with Gasteiger partial charge >= 0.3 is 0 Å². The average Bonchev–Trinajstić information content (AvgIpc) is 2.21. The monoisotopic (exact) mass is 250 g/mol. The third kappa shape index (κ3) is 4.64. The number of rotatable bonds is 2. The Balaban J connectivity index is 0.000000980. The van der Waals surface area contributed by atoms with Crippen LogP contribution in [0.15, 0.2) is 18.7 Å². The van der Waals surface area contributed by atoms with Gasteiger partial charge in [0.25, 0.3) is 0 Å². The van der Waals surface area contributed by atoms with Crippen molar-refractivity contribution in [2.24, 2.45) is 0 Å². The second-order valence-electron chi connectivity index (χ2n) is 3.30. The maximum Gasteiger partial charge on any atom is 0.115 e. The van der Waals surface area contributed by atoms with Crippen molar-refractivity contribution >= 4 is 30.5 Å². The minimum absolute atomic E-state index is 0. The van der Waals surface area contributed by atoms with Gasteiger partial charge in [0.15, 0.2) is 0 Å². The maximum absolute atomic E-state index is 3.96. The van der Waals surface area contributed by atoms with Crippen LogP contribution in [0, 0.1) is 0 Å². The van der Waals surface area contributed by atoms with Crippen LogP contribution in [0.1, 0.15) is 12.8 Å². The van der Waals surface area contributed by atoms with E-state index in [4.69, 9.17) is 0 Å². The highest BCUT2D eigenvalue weighted by Crippen LogP contribution is 2.10. The van der Waals surface area contributed by atoms with Crippen molar-refractivity contribution in [1.82, 2.24) is 15.3 Å². The molecular weight excluding hydrogens is 235 g/mol. The number of piperidine rings is 1. The van der Waals surface area contributed by atoms with Crippen molar-refractivity contribution in [2.45, 2.75) is 18.9 Å². The van der Waals surface area contributed by atoms with Gasteiger partial charge < -0.3 is 10.6 Å². The Morgan fingerprint density at radius 2 is 1.73 bits per heavy atom. The van der Waals surface area contributed by atoms with Crippen molar-refractivity contribution in [3.63, 3.8) is 0 Å².